The zero-order chi connectivity index (χ0) is 13.8. The Morgan fingerprint density at radius 2 is 2.00 bits per heavy atom. The van der Waals surface area contributed by atoms with Crippen molar-refractivity contribution in [2.24, 2.45) is 0 Å². The molecule has 0 aliphatic carbocycles. The third-order valence-corrected chi connectivity index (χ3v) is 2.70. The van der Waals surface area contributed by atoms with Gasteiger partial charge in [0.1, 0.15) is 5.82 Å². The molecule has 19 heavy (non-hydrogen) atoms. The van der Waals surface area contributed by atoms with E-state index in [0.29, 0.717) is 17.7 Å². The molecule has 0 aliphatic rings. The Morgan fingerprint density at radius 1 is 1.26 bits per heavy atom. The second-order valence-electron chi connectivity index (χ2n) is 3.93. The third kappa shape index (κ3) is 2.76. The van der Waals surface area contributed by atoms with Gasteiger partial charge in [-0.3, -0.25) is 9.97 Å². The molecule has 0 saturated carbocycles. The van der Waals surface area contributed by atoms with Crippen LogP contribution in [0.4, 0.5) is 4.39 Å². The van der Waals surface area contributed by atoms with E-state index in [9.17, 15) is 9.18 Å². The first-order valence-electron chi connectivity index (χ1n) is 5.85. The van der Waals surface area contributed by atoms with Crippen LogP contribution in [0, 0.1) is 5.82 Å². The molecule has 0 N–H and O–H groups in total. The lowest BCUT2D eigenvalue weighted by molar-refractivity contribution is 0.0600. The van der Waals surface area contributed by atoms with E-state index in [2.05, 4.69) is 14.7 Å². The molecule has 2 aromatic rings. The molecule has 0 unspecified atom stereocenters. The molecule has 0 atom stereocenters. The number of carbonyl (C=O) groups excluding carboxylic acids is 1. The van der Waals surface area contributed by atoms with Gasteiger partial charge in [-0.1, -0.05) is 6.92 Å². The van der Waals surface area contributed by atoms with Gasteiger partial charge in [0.2, 0.25) is 0 Å². The van der Waals surface area contributed by atoms with E-state index < -0.39 is 11.8 Å². The number of hydrogen-bond donors (Lipinski definition) is 0. The molecule has 0 aliphatic heterocycles. The highest BCUT2D eigenvalue weighted by Gasteiger charge is 2.13. The number of aromatic nitrogens is 2. The summed E-state index contributed by atoms with van der Waals surface area (Å²) in [5.74, 6) is -1.09. The van der Waals surface area contributed by atoms with Crippen molar-refractivity contribution < 1.29 is 13.9 Å². The topological polar surface area (TPSA) is 52.1 Å². The molecule has 0 fully saturated rings. The number of hydrogen-bond acceptors (Lipinski definition) is 4. The monoisotopic (exact) mass is 260 g/mol. The van der Waals surface area contributed by atoms with Gasteiger partial charge in [-0.05, 0) is 24.6 Å². The molecule has 0 bridgehead atoms. The average molecular weight is 260 g/mol. The van der Waals surface area contributed by atoms with Crippen molar-refractivity contribution in [3.8, 4) is 11.3 Å². The number of aryl methyl sites for hydroxylation is 1. The van der Waals surface area contributed by atoms with E-state index >= 15 is 0 Å². The van der Waals surface area contributed by atoms with Crippen molar-refractivity contribution in [3.05, 3.63) is 47.7 Å². The normalized spacial score (nSPS) is 10.3. The maximum atomic E-state index is 13.6. The summed E-state index contributed by atoms with van der Waals surface area (Å²) in [6, 6.07) is 4.02. The number of methoxy groups -OCH3 is 1. The Morgan fingerprint density at radius 3 is 2.68 bits per heavy atom. The molecular weight excluding hydrogens is 247 g/mol. The lowest BCUT2D eigenvalue weighted by atomic mass is 10.0. The minimum absolute atomic E-state index is 0.158. The van der Waals surface area contributed by atoms with E-state index in [1.165, 1.54) is 19.4 Å². The minimum atomic E-state index is -0.581. The molecule has 1 aromatic carbocycles. The second-order valence-corrected chi connectivity index (χ2v) is 3.93. The van der Waals surface area contributed by atoms with Crippen LogP contribution in [0.3, 0.4) is 0 Å². The van der Waals surface area contributed by atoms with Gasteiger partial charge in [-0.25, -0.2) is 9.18 Å². The molecule has 0 amide bonds. The van der Waals surface area contributed by atoms with Gasteiger partial charge < -0.3 is 4.74 Å². The van der Waals surface area contributed by atoms with Crippen molar-refractivity contribution in [2.45, 2.75) is 13.3 Å². The summed E-state index contributed by atoms with van der Waals surface area (Å²) in [6.45, 7) is 1.94. The van der Waals surface area contributed by atoms with Crippen molar-refractivity contribution >= 4 is 5.97 Å². The molecule has 0 saturated heterocycles. The van der Waals surface area contributed by atoms with Crippen LogP contribution < -0.4 is 0 Å². The summed E-state index contributed by atoms with van der Waals surface area (Å²) >= 11 is 0. The number of esters is 1. The first kappa shape index (κ1) is 13.1. The predicted molar refractivity (Wildman–Crippen MR) is 68.1 cm³/mol. The summed E-state index contributed by atoms with van der Waals surface area (Å²) in [4.78, 5) is 19.9. The van der Waals surface area contributed by atoms with Crippen LogP contribution in [0.15, 0.2) is 30.6 Å². The molecule has 98 valence electrons. The quantitative estimate of drug-likeness (QED) is 0.796. The summed E-state index contributed by atoms with van der Waals surface area (Å²) in [7, 11) is 1.26. The lowest BCUT2D eigenvalue weighted by Gasteiger charge is -2.07. The van der Waals surface area contributed by atoms with E-state index in [4.69, 9.17) is 0 Å². The van der Waals surface area contributed by atoms with Crippen LogP contribution in [0.1, 0.15) is 23.0 Å². The Bertz CT molecular complexity index is 614. The number of ether oxygens (including phenoxy) is 1. The van der Waals surface area contributed by atoms with E-state index in [1.54, 1.807) is 12.3 Å². The summed E-state index contributed by atoms with van der Waals surface area (Å²) in [5, 5.41) is 0. The van der Waals surface area contributed by atoms with Gasteiger partial charge >= 0.3 is 5.97 Å². The number of carbonyl (C=O) groups is 1. The second kappa shape index (κ2) is 5.56. The van der Waals surface area contributed by atoms with E-state index in [0.717, 1.165) is 11.8 Å². The maximum absolute atomic E-state index is 13.6. The Balaban J connectivity index is 2.56. The van der Waals surface area contributed by atoms with Gasteiger partial charge in [-0.2, -0.15) is 0 Å². The molecule has 0 spiro atoms. The minimum Gasteiger partial charge on any atom is -0.465 e. The van der Waals surface area contributed by atoms with Gasteiger partial charge in [-0.15, -0.1) is 0 Å². The van der Waals surface area contributed by atoms with Crippen molar-refractivity contribution in [1.29, 1.82) is 0 Å². The van der Waals surface area contributed by atoms with Crippen LogP contribution in [0.5, 0.6) is 0 Å². The van der Waals surface area contributed by atoms with Crippen LogP contribution in [0.2, 0.25) is 0 Å². The Hall–Kier alpha value is -2.30. The van der Waals surface area contributed by atoms with Crippen LogP contribution in [-0.4, -0.2) is 23.0 Å². The first-order chi connectivity index (χ1) is 9.15. The highest BCUT2D eigenvalue weighted by molar-refractivity contribution is 5.90. The lowest BCUT2D eigenvalue weighted by Crippen LogP contribution is -2.03. The zero-order valence-electron chi connectivity index (χ0n) is 10.7. The fourth-order valence-electron chi connectivity index (χ4n) is 1.83. The summed E-state index contributed by atoms with van der Waals surface area (Å²) < 4.78 is 18.2. The molecular formula is C14H13FN2O2. The van der Waals surface area contributed by atoms with Crippen molar-refractivity contribution in [3.63, 3.8) is 0 Å². The average Bonchev–Trinajstić information content (AvgIpc) is 2.45. The molecule has 0 radical (unpaired) electrons. The largest absolute Gasteiger partial charge is 0.465 e. The fraction of sp³-hybridized carbons (Fsp3) is 0.214. The van der Waals surface area contributed by atoms with Gasteiger partial charge in [0.15, 0.2) is 0 Å². The maximum Gasteiger partial charge on any atom is 0.337 e. The zero-order valence-corrected chi connectivity index (χ0v) is 10.7. The molecule has 2 rings (SSSR count). The van der Waals surface area contributed by atoms with Crippen LogP contribution in [0.25, 0.3) is 11.3 Å². The smallest absolute Gasteiger partial charge is 0.337 e. The number of nitrogens with zero attached hydrogens (tertiary/aromatic N) is 2. The summed E-state index contributed by atoms with van der Waals surface area (Å²) in [5.41, 5.74) is 2.01. The van der Waals surface area contributed by atoms with Gasteiger partial charge in [0.25, 0.3) is 0 Å². The fourth-order valence-corrected chi connectivity index (χ4v) is 1.83. The predicted octanol–water partition coefficient (Wildman–Crippen LogP) is 2.63. The Kier molecular flexibility index (Phi) is 3.85. The number of rotatable bonds is 3. The van der Waals surface area contributed by atoms with E-state index in [-0.39, 0.29) is 5.56 Å². The highest BCUT2D eigenvalue weighted by Crippen LogP contribution is 2.23. The number of benzene rings is 1. The van der Waals surface area contributed by atoms with E-state index in [1.807, 2.05) is 6.92 Å². The highest BCUT2D eigenvalue weighted by atomic mass is 19.1. The molecule has 1 aromatic heterocycles. The van der Waals surface area contributed by atoms with Crippen LogP contribution in [-0.2, 0) is 11.2 Å². The molecule has 4 nitrogen and oxygen atoms in total. The first-order valence-corrected chi connectivity index (χ1v) is 5.85. The molecule has 5 heteroatoms. The van der Waals surface area contributed by atoms with Crippen LogP contribution >= 0.6 is 0 Å². The number of halogens is 1. The van der Waals surface area contributed by atoms with Gasteiger partial charge in [0, 0.05) is 18.0 Å². The third-order valence-electron chi connectivity index (χ3n) is 2.70. The summed E-state index contributed by atoms with van der Waals surface area (Å²) in [6.07, 6.45) is 3.80. The van der Waals surface area contributed by atoms with Gasteiger partial charge in [0.05, 0.1) is 24.1 Å². The van der Waals surface area contributed by atoms with Crippen molar-refractivity contribution in [1.82, 2.24) is 9.97 Å². The molecule has 1 heterocycles. The SMILES string of the molecule is CCc1nccnc1-c1cc(F)cc(C(=O)OC)c1. The standard InChI is InChI=1S/C14H13FN2O2/c1-3-12-13(17-5-4-16-12)9-6-10(14(18)19-2)8-11(15)7-9/h4-8H,3H2,1-2H3. The Labute approximate surface area is 110 Å². The van der Waals surface area contributed by atoms with Crippen molar-refractivity contribution in [2.75, 3.05) is 7.11 Å².